The maximum absolute atomic E-state index is 12.6. The number of furan rings is 1. The van der Waals surface area contributed by atoms with E-state index in [4.69, 9.17) is 21.1 Å². The number of carbonyl (C=O) groups excluding carboxylic acids is 1. The predicted molar refractivity (Wildman–Crippen MR) is 139 cm³/mol. The zero-order valence-electron chi connectivity index (χ0n) is 18.1. The molecule has 1 amide bonds. The lowest BCUT2D eigenvalue weighted by Gasteiger charge is -2.08. The van der Waals surface area contributed by atoms with Crippen molar-refractivity contribution < 1.29 is 18.6 Å². The first kappa shape index (κ1) is 23.3. The number of non-ortho nitro benzene ring substituents is 1. The molecule has 0 saturated heterocycles. The molecule has 2 aromatic carbocycles. The quantitative estimate of drug-likeness (QED) is 0.151. The molecule has 0 unspecified atom stereocenters. The van der Waals surface area contributed by atoms with E-state index in [0.717, 1.165) is 10.0 Å². The number of nitrogens with one attached hydrogen (secondary N) is 2. The number of oxazole rings is 1. The van der Waals surface area contributed by atoms with E-state index in [2.05, 4.69) is 36.5 Å². The van der Waals surface area contributed by atoms with E-state index < -0.39 is 10.8 Å². The summed E-state index contributed by atoms with van der Waals surface area (Å²) >= 11 is 8.64. The first-order chi connectivity index (χ1) is 17.4. The Bertz CT molecular complexity index is 1650. The molecule has 2 N–H and O–H groups in total. The minimum Gasteiger partial charge on any atom is -0.451 e. The number of carbonyl (C=O) groups is 1. The second-order valence-electron chi connectivity index (χ2n) is 7.47. The van der Waals surface area contributed by atoms with Crippen molar-refractivity contribution in [1.29, 1.82) is 0 Å². The van der Waals surface area contributed by atoms with Gasteiger partial charge in [0, 0.05) is 40.2 Å². The molecule has 3 aromatic heterocycles. The minimum atomic E-state index is -0.573. The average Bonchev–Trinajstić information content (AvgIpc) is 3.52. The molecule has 0 bridgehead atoms. The van der Waals surface area contributed by atoms with Crippen LogP contribution in [0.15, 0.2) is 86.4 Å². The van der Waals surface area contributed by atoms with Gasteiger partial charge in [-0.1, -0.05) is 12.1 Å². The normalized spacial score (nSPS) is 10.8. The lowest BCUT2D eigenvalue weighted by atomic mass is 10.1. The molecular weight excluding hydrogens is 550 g/mol. The Kier molecular flexibility index (Phi) is 6.27. The number of halogens is 1. The third-order valence-corrected chi connectivity index (χ3v) is 5.63. The summed E-state index contributed by atoms with van der Waals surface area (Å²) in [6, 6.07) is 16.0. The number of pyridine rings is 1. The van der Waals surface area contributed by atoms with E-state index in [1.165, 1.54) is 18.2 Å². The van der Waals surface area contributed by atoms with E-state index >= 15 is 0 Å². The van der Waals surface area contributed by atoms with Crippen LogP contribution in [-0.4, -0.2) is 25.9 Å². The van der Waals surface area contributed by atoms with Crippen LogP contribution in [0.2, 0.25) is 0 Å². The summed E-state index contributed by atoms with van der Waals surface area (Å²) < 4.78 is 12.2. The van der Waals surface area contributed by atoms with Gasteiger partial charge in [0.25, 0.3) is 11.6 Å². The zero-order chi connectivity index (χ0) is 25.2. The molecule has 5 aromatic rings. The monoisotopic (exact) mass is 563 g/mol. The number of fused-ring (bicyclic) bond motifs is 1. The number of hydrogen-bond donors (Lipinski definition) is 2. The van der Waals surface area contributed by atoms with Crippen molar-refractivity contribution in [2.45, 2.75) is 0 Å². The molecule has 12 heteroatoms. The first-order valence-corrected chi connectivity index (χ1v) is 11.5. The molecule has 0 aliphatic rings. The molecule has 0 aliphatic heterocycles. The van der Waals surface area contributed by atoms with Crippen LogP contribution in [0.4, 0.5) is 11.4 Å². The lowest BCUT2D eigenvalue weighted by molar-refractivity contribution is -0.384. The molecule has 0 radical (unpaired) electrons. The fourth-order valence-corrected chi connectivity index (χ4v) is 3.95. The lowest BCUT2D eigenvalue weighted by Crippen LogP contribution is -2.33. The van der Waals surface area contributed by atoms with E-state index in [1.54, 1.807) is 48.8 Å². The van der Waals surface area contributed by atoms with Gasteiger partial charge >= 0.3 is 0 Å². The van der Waals surface area contributed by atoms with Crippen molar-refractivity contribution in [3.63, 3.8) is 0 Å². The second-order valence-corrected chi connectivity index (χ2v) is 8.80. The first-order valence-electron chi connectivity index (χ1n) is 10.3. The predicted octanol–water partition coefficient (Wildman–Crippen LogP) is 5.95. The number of benzene rings is 2. The van der Waals surface area contributed by atoms with Crippen LogP contribution >= 0.6 is 28.1 Å². The van der Waals surface area contributed by atoms with Gasteiger partial charge in [0.1, 0.15) is 11.3 Å². The van der Waals surface area contributed by atoms with Gasteiger partial charge in [0.05, 0.1) is 10.5 Å². The van der Waals surface area contributed by atoms with Crippen molar-refractivity contribution in [3.05, 3.63) is 93.4 Å². The van der Waals surface area contributed by atoms with Crippen LogP contribution in [0.5, 0.6) is 0 Å². The van der Waals surface area contributed by atoms with Crippen molar-refractivity contribution >= 4 is 61.6 Å². The Morgan fingerprint density at radius 2 is 1.89 bits per heavy atom. The Morgan fingerprint density at radius 1 is 1.03 bits per heavy atom. The number of thiocarbonyl (C=S) groups is 1. The summed E-state index contributed by atoms with van der Waals surface area (Å²) in [6.45, 7) is 0. The van der Waals surface area contributed by atoms with Crippen LogP contribution in [0.1, 0.15) is 10.6 Å². The summed E-state index contributed by atoms with van der Waals surface area (Å²) in [7, 11) is 0. The summed E-state index contributed by atoms with van der Waals surface area (Å²) in [6.07, 6.45) is 3.32. The molecule has 0 fully saturated rings. The Balaban J connectivity index is 1.26. The fraction of sp³-hybridized carbons (Fsp3) is 0. The highest BCUT2D eigenvalue weighted by atomic mass is 79.9. The maximum atomic E-state index is 12.6. The average molecular weight is 564 g/mol. The summed E-state index contributed by atoms with van der Waals surface area (Å²) in [5.41, 5.74) is 2.89. The van der Waals surface area contributed by atoms with E-state index in [-0.39, 0.29) is 16.6 Å². The molecule has 0 saturated carbocycles. The highest BCUT2D eigenvalue weighted by molar-refractivity contribution is 9.10. The third kappa shape index (κ3) is 4.99. The number of nitro groups is 1. The van der Waals surface area contributed by atoms with Gasteiger partial charge in [0.2, 0.25) is 5.89 Å². The summed E-state index contributed by atoms with van der Waals surface area (Å²) in [5.74, 6) is 0.163. The molecule has 178 valence electrons. The Morgan fingerprint density at radius 3 is 2.69 bits per heavy atom. The van der Waals surface area contributed by atoms with Gasteiger partial charge < -0.3 is 14.2 Å². The van der Waals surface area contributed by atoms with Crippen LogP contribution in [-0.2, 0) is 0 Å². The van der Waals surface area contributed by atoms with E-state index in [9.17, 15) is 14.9 Å². The highest BCUT2D eigenvalue weighted by Gasteiger charge is 2.16. The second kappa shape index (κ2) is 9.68. The van der Waals surface area contributed by atoms with Gasteiger partial charge in [-0.2, -0.15) is 0 Å². The summed E-state index contributed by atoms with van der Waals surface area (Å²) in [5, 5.41) is 16.5. The SMILES string of the molecule is O=C(NC(=S)Nc1ccc2oc(-c3cncc(Br)c3)nc2c1)c1ccc(-c2cccc([N+](=O)[O-])c2)o1. The fourth-order valence-electron chi connectivity index (χ4n) is 3.37. The number of anilines is 1. The van der Waals surface area contributed by atoms with Gasteiger partial charge in [-0.3, -0.25) is 25.2 Å². The van der Waals surface area contributed by atoms with Gasteiger partial charge in [-0.25, -0.2) is 4.98 Å². The van der Waals surface area contributed by atoms with Crippen LogP contribution < -0.4 is 10.6 Å². The van der Waals surface area contributed by atoms with Crippen molar-refractivity contribution in [2.24, 2.45) is 0 Å². The molecule has 3 heterocycles. The van der Waals surface area contributed by atoms with E-state index in [1.807, 2.05) is 6.07 Å². The number of aromatic nitrogens is 2. The van der Waals surface area contributed by atoms with Gasteiger partial charge in [0.15, 0.2) is 16.5 Å². The number of rotatable bonds is 5. The molecule has 36 heavy (non-hydrogen) atoms. The molecule has 0 spiro atoms. The number of amides is 1. The number of nitro benzene ring substituents is 1. The smallest absolute Gasteiger partial charge is 0.293 e. The van der Waals surface area contributed by atoms with Crippen molar-refractivity contribution in [2.75, 3.05) is 5.32 Å². The van der Waals surface area contributed by atoms with Crippen molar-refractivity contribution in [3.8, 4) is 22.8 Å². The van der Waals surface area contributed by atoms with E-state index in [0.29, 0.717) is 34.0 Å². The van der Waals surface area contributed by atoms with Gasteiger partial charge in [-0.05, 0) is 64.5 Å². The Labute approximate surface area is 216 Å². The Hall–Kier alpha value is -4.42. The highest BCUT2D eigenvalue weighted by Crippen LogP contribution is 2.28. The largest absolute Gasteiger partial charge is 0.451 e. The number of nitrogens with zero attached hydrogens (tertiary/aromatic N) is 3. The molecule has 0 aliphatic carbocycles. The molecular formula is C24H14BrN5O5S. The minimum absolute atomic E-state index is 0.000109. The third-order valence-electron chi connectivity index (χ3n) is 5.00. The molecule has 5 rings (SSSR count). The van der Waals surface area contributed by atoms with Crippen LogP contribution in [0.25, 0.3) is 33.9 Å². The van der Waals surface area contributed by atoms with Crippen molar-refractivity contribution in [1.82, 2.24) is 15.3 Å². The number of hydrogen-bond acceptors (Lipinski definition) is 8. The summed E-state index contributed by atoms with van der Waals surface area (Å²) in [4.78, 5) is 31.7. The zero-order valence-corrected chi connectivity index (χ0v) is 20.5. The topological polar surface area (TPSA) is 136 Å². The van der Waals surface area contributed by atoms with Gasteiger partial charge in [-0.15, -0.1) is 0 Å². The van der Waals surface area contributed by atoms with Crippen LogP contribution in [0, 0.1) is 10.1 Å². The standard InChI is InChI=1S/C24H14BrN5O5S/c25-15-8-14(11-26-12-15)23-28-18-10-16(4-5-20(18)35-23)27-24(36)29-22(31)21-7-6-19(34-21)13-2-1-3-17(9-13)30(32)33/h1-12H,(H2,27,29,31,36). The van der Waals surface area contributed by atoms with Crippen LogP contribution in [0.3, 0.4) is 0 Å². The molecule has 10 nitrogen and oxygen atoms in total. The molecule has 0 atom stereocenters. The maximum Gasteiger partial charge on any atom is 0.293 e.